The number of likely N-dealkylation sites (tertiary alicyclic amines) is 2. The molecule has 2 unspecified atom stereocenters. The minimum Gasteiger partial charge on any atom is -0.497 e. The van der Waals surface area contributed by atoms with E-state index < -0.39 is 0 Å². The number of rotatable bonds is 7. The van der Waals surface area contributed by atoms with Crippen molar-refractivity contribution in [3.05, 3.63) is 29.8 Å². The molecule has 1 aromatic rings. The van der Waals surface area contributed by atoms with Crippen LogP contribution in [0.4, 0.5) is 0 Å². The van der Waals surface area contributed by atoms with Gasteiger partial charge in [0, 0.05) is 19.6 Å². The molecular formula is C23H37N3O2. The number of carbonyl (C=O) groups excluding carboxylic acids is 1. The van der Waals surface area contributed by atoms with Gasteiger partial charge in [-0.25, -0.2) is 0 Å². The van der Waals surface area contributed by atoms with Gasteiger partial charge in [-0.05, 0) is 81.8 Å². The fourth-order valence-electron chi connectivity index (χ4n) is 4.49. The summed E-state index contributed by atoms with van der Waals surface area (Å²) >= 11 is 0. The van der Waals surface area contributed by atoms with Crippen LogP contribution in [0.1, 0.15) is 45.1 Å². The molecule has 156 valence electrons. The van der Waals surface area contributed by atoms with Crippen LogP contribution in [0.15, 0.2) is 24.3 Å². The van der Waals surface area contributed by atoms with Crippen molar-refractivity contribution in [2.75, 3.05) is 39.8 Å². The molecule has 0 spiro atoms. The Hall–Kier alpha value is -1.59. The van der Waals surface area contributed by atoms with Crippen LogP contribution < -0.4 is 10.1 Å². The third-order valence-electron chi connectivity index (χ3n) is 6.47. The summed E-state index contributed by atoms with van der Waals surface area (Å²) in [6.07, 6.45) is 5.15. The summed E-state index contributed by atoms with van der Waals surface area (Å²) in [6.45, 7) is 10.7. The van der Waals surface area contributed by atoms with E-state index in [9.17, 15) is 4.79 Å². The van der Waals surface area contributed by atoms with Crippen molar-refractivity contribution in [3.8, 4) is 5.75 Å². The zero-order valence-corrected chi connectivity index (χ0v) is 17.8. The monoisotopic (exact) mass is 387 g/mol. The first-order chi connectivity index (χ1) is 13.5. The Morgan fingerprint density at radius 2 is 2.04 bits per heavy atom. The molecule has 5 heteroatoms. The lowest BCUT2D eigenvalue weighted by atomic mass is 9.93. The Labute approximate surface area is 170 Å². The van der Waals surface area contributed by atoms with Crippen LogP contribution in [0.2, 0.25) is 0 Å². The van der Waals surface area contributed by atoms with Crippen molar-refractivity contribution in [2.24, 2.45) is 11.8 Å². The Balaban J connectivity index is 1.45. The first-order valence-electron chi connectivity index (χ1n) is 10.9. The second-order valence-electron chi connectivity index (χ2n) is 8.73. The summed E-state index contributed by atoms with van der Waals surface area (Å²) in [5.74, 6) is 2.52. The average molecular weight is 388 g/mol. The standard InChI is InChI=1S/C23H37N3O2/c1-18-9-12-25(13-10-18)16-21-7-5-11-26(17-21)19(2)23(27)24-15-20-6-4-8-22(14-20)28-3/h4,6,8,14,18-19,21H,5,7,9-13,15-17H2,1-3H3,(H,24,27). The molecule has 28 heavy (non-hydrogen) atoms. The van der Waals surface area contributed by atoms with Crippen LogP contribution in [0.5, 0.6) is 5.75 Å². The lowest BCUT2D eigenvalue weighted by Gasteiger charge is -2.39. The second kappa shape index (κ2) is 10.3. The molecule has 0 aliphatic carbocycles. The Kier molecular flexibility index (Phi) is 7.74. The molecular weight excluding hydrogens is 350 g/mol. The minimum atomic E-state index is -0.0743. The molecule has 2 heterocycles. The number of nitrogens with zero attached hydrogens (tertiary/aromatic N) is 2. The van der Waals surface area contributed by atoms with E-state index >= 15 is 0 Å². The van der Waals surface area contributed by atoms with Gasteiger partial charge in [-0.2, -0.15) is 0 Å². The van der Waals surface area contributed by atoms with Crippen LogP contribution in [-0.2, 0) is 11.3 Å². The van der Waals surface area contributed by atoms with Crippen LogP contribution in [0.3, 0.4) is 0 Å². The van der Waals surface area contributed by atoms with Crippen LogP contribution in [-0.4, -0.2) is 61.6 Å². The molecule has 0 saturated carbocycles. The van der Waals surface area contributed by atoms with E-state index in [-0.39, 0.29) is 11.9 Å². The van der Waals surface area contributed by atoms with Gasteiger partial charge in [0.25, 0.3) is 0 Å². The van der Waals surface area contributed by atoms with E-state index in [1.807, 2.05) is 31.2 Å². The predicted molar refractivity (Wildman–Crippen MR) is 113 cm³/mol. The molecule has 2 saturated heterocycles. The summed E-state index contributed by atoms with van der Waals surface area (Å²) < 4.78 is 5.26. The Morgan fingerprint density at radius 1 is 1.25 bits per heavy atom. The van der Waals surface area contributed by atoms with Crippen LogP contribution in [0.25, 0.3) is 0 Å². The molecule has 0 radical (unpaired) electrons. The summed E-state index contributed by atoms with van der Waals surface area (Å²) in [6, 6.07) is 7.80. The number of methoxy groups -OCH3 is 1. The van der Waals surface area contributed by atoms with Gasteiger partial charge in [0.15, 0.2) is 0 Å². The van der Waals surface area contributed by atoms with Crippen LogP contribution in [0, 0.1) is 11.8 Å². The predicted octanol–water partition coefficient (Wildman–Crippen LogP) is 3.14. The summed E-state index contributed by atoms with van der Waals surface area (Å²) in [5, 5.41) is 3.10. The first kappa shape index (κ1) is 21.1. The molecule has 5 nitrogen and oxygen atoms in total. The van der Waals surface area contributed by atoms with Gasteiger partial charge in [0.2, 0.25) is 5.91 Å². The number of benzene rings is 1. The maximum absolute atomic E-state index is 12.7. The fraction of sp³-hybridized carbons (Fsp3) is 0.696. The van der Waals surface area contributed by atoms with Crippen LogP contribution >= 0.6 is 0 Å². The Bertz CT molecular complexity index is 628. The number of piperidine rings is 2. The lowest BCUT2D eigenvalue weighted by molar-refractivity contribution is -0.126. The van der Waals surface area contributed by atoms with E-state index in [0.29, 0.717) is 12.5 Å². The normalized spacial score (nSPS) is 23.3. The van der Waals surface area contributed by atoms with Gasteiger partial charge in [-0.3, -0.25) is 9.69 Å². The third kappa shape index (κ3) is 5.95. The number of hydrogen-bond donors (Lipinski definition) is 1. The highest BCUT2D eigenvalue weighted by Gasteiger charge is 2.29. The maximum atomic E-state index is 12.7. The van der Waals surface area contributed by atoms with Crippen molar-refractivity contribution in [1.82, 2.24) is 15.1 Å². The number of nitrogens with one attached hydrogen (secondary N) is 1. The SMILES string of the molecule is COc1cccc(CNC(=O)C(C)N2CCCC(CN3CCC(C)CC3)C2)c1. The summed E-state index contributed by atoms with van der Waals surface area (Å²) in [5.41, 5.74) is 1.07. The lowest BCUT2D eigenvalue weighted by Crippen LogP contribution is -2.50. The van der Waals surface area contributed by atoms with Gasteiger partial charge in [0.1, 0.15) is 5.75 Å². The van der Waals surface area contributed by atoms with E-state index in [1.54, 1.807) is 7.11 Å². The largest absolute Gasteiger partial charge is 0.497 e. The van der Waals surface area contributed by atoms with Crippen molar-refractivity contribution < 1.29 is 9.53 Å². The van der Waals surface area contributed by atoms with Gasteiger partial charge < -0.3 is 15.0 Å². The van der Waals surface area contributed by atoms with Crippen molar-refractivity contribution >= 4 is 5.91 Å². The highest BCUT2D eigenvalue weighted by Crippen LogP contribution is 2.23. The molecule has 1 aromatic carbocycles. The number of carbonyl (C=O) groups is 1. The smallest absolute Gasteiger partial charge is 0.237 e. The van der Waals surface area contributed by atoms with Gasteiger partial charge in [0.05, 0.1) is 13.2 Å². The van der Waals surface area contributed by atoms with E-state index in [0.717, 1.165) is 30.3 Å². The van der Waals surface area contributed by atoms with E-state index in [4.69, 9.17) is 4.74 Å². The molecule has 0 bridgehead atoms. The molecule has 2 fully saturated rings. The molecule has 1 amide bonds. The highest BCUT2D eigenvalue weighted by molar-refractivity contribution is 5.81. The summed E-state index contributed by atoms with van der Waals surface area (Å²) in [7, 11) is 1.66. The maximum Gasteiger partial charge on any atom is 0.237 e. The molecule has 2 atom stereocenters. The van der Waals surface area contributed by atoms with E-state index in [2.05, 4.69) is 22.0 Å². The highest BCUT2D eigenvalue weighted by atomic mass is 16.5. The third-order valence-corrected chi connectivity index (χ3v) is 6.47. The van der Waals surface area contributed by atoms with E-state index in [1.165, 1.54) is 45.3 Å². The summed E-state index contributed by atoms with van der Waals surface area (Å²) in [4.78, 5) is 17.7. The molecule has 3 rings (SSSR count). The topological polar surface area (TPSA) is 44.8 Å². The second-order valence-corrected chi connectivity index (χ2v) is 8.73. The average Bonchev–Trinajstić information content (AvgIpc) is 2.73. The van der Waals surface area contributed by atoms with Crippen molar-refractivity contribution in [3.63, 3.8) is 0 Å². The Morgan fingerprint density at radius 3 is 2.79 bits per heavy atom. The van der Waals surface area contributed by atoms with Gasteiger partial charge in [-0.1, -0.05) is 19.1 Å². The molecule has 1 N–H and O–H groups in total. The number of ether oxygens (including phenoxy) is 1. The number of hydrogen-bond acceptors (Lipinski definition) is 4. The molecule has 0 aromatic heterocycles. The quantitative estimate of drug-likeness (QED) is 0.781. The van der Waals surface area contributed by atoms with Gasteiger partial charge >= 0.3 is 0 Å². The zero-order valence-electron chi connectivity index (χ0n) is 17.8. The number of amides is 1. The minimum absolute atomic E-state index is 0.0743. The fourth-order valence-corrected chi connectivity index (χ4v) is 4.49. The zero-order chi connectivity index (χ0) is 19.9. The van der Waals surface area contributed by atoms with Gasteiger partial charge in [-0.15, -0.1) is 0 Å². The van der Waals surface area contributed by atoms with Crippen molar-refractivity contribution in [1.29, 1.82) is 0 Å². The van der Waals surface area contributed by atoms with Crippen molar-refractivity contribution in [2.45, 2.75) is 52.1 Å². The molecule has 2 aliphatic rings. The first-order valence-corrected chi connectivity index (χ1v) is 10.9. The molecule has 2 aliphatic heterocycles.